The fourth-order valence-corrected chi connectivity index (χ4v) is 0.507. The molecule has 0 aliphatic carbocycles. The molecule has 2 N–H and O–H groups in total. The minimum absolute atomic E-state index is 0.0637. The minimum Gasteiger partial charge on any atom is -0.461 e. The number of rotatable bonds is 4. The first-order valence-electron chi connectivity index (χ1n) is 3.30. The van der Waals surface area contributed by atoms with E-state index in [9.17, 15) is 4.79 Å². The molecule has 0 fully saturated rings. The lowest BCUT2D eigenvalue weighted by molar-refractivity contribution is -0.135. The molecule has 0 atom stereocenters. The van der Waals surface area contributed by atoms with Crippen LogP contribution in [0.2, 0.25) is 0 Å². The molecule has 0 aliphatic heterocycles. The Morgan fingerprint density at radius 3 is 2.67 bits per heavy atom. The maximum absolute atomic E-state index is 10.8. The molecule has 0 rings (SSSR count). The lowest BCUT2D eigenvalue weighted by Crippen LogP contribution is -2.17. The Hall–Kier alpha value is -1.59. The second-order valence-corrected chi connectivity index (χ2v) is 1.77. The molecule has 0 radical (unpaired) electrons. The quantitative estimate of drug-likeness (QED) is 0.276. The summed E-state index contributed by atoms with van der Waals surface area (Å²) in [6, 6.07) is 0. The Bertz CT molecular complexity index is 200. The van der Waals surface area contributed by atoms with Crippen LogP contribution in [0.25, 0.3) is 0 Å². The Morgan fingerprint density at radius 1 is 1.58 bits per heavy atom. The van der Waals surface area contributed by atoms with Crippen molar-refractivity contribution in [3.8, 4) is 0 Å². The molecule has 0 aliphatic rings. The number of oxime groups is 2. The van der Waals surface area contributed by atoms with Crippen molar-refractivity contribution >= 4 is 17.9 Å². The van der Waals surface area contributed by atoms with Crippen LogP contribution in [0.5, 0.6) is 0 Å². The van der Waals surface area contributed by atoms with Gasteiger partial charge in [-0.05, 0) is 6.92 Å². The van der Waals surface area contributed by atoms with Crippen molar-refractivity contribution in [2.24, 2.45) is 10.3 Å². The molecule has 0 aromatic carbocycles. The maximum Gasteiger partial charge on any atom is 0.356 e. The third-order valence-electron chi connectivity index (χ3n) is 0.998. The first-order chi connectivity index (χ1) is 5.76. The van der Waals surface area contributed by atoms with Gasteiger partial charge in [-0.15, -0.1) is 5.16 Å². The molecule has 0 spiro atoms. The third kappa shape index (κ3) is 3.55. The standard InChI is InChI=1S/C6H10N2O4/c1-2-12-6(9)5(8-11)3-4-7-10/h4,10-11H,2-3H2,1H3/b7-4+,8-5-. The summed E-state index contributed by atoms with van der Waals surface area (Å²) < 4.78 is 4.52. The van der Waals surface area contributed by atoms with E-state index in [0.717, 1.165) is 6.21 Å². The Balaban J connectivity index is 4.07. The van der Waals surface area contributed by atoms with E-state index in [1.165, 1.54) is 0 Å². The van der Waals surface area contributed by atoms with Gasteiger partial charge in [-0.25, -0.2) is 4.79 Å². The molecule has 68 valence electrons. The summed E-state index contributed by atoms with van der Waals surface area (Å²) in [5.74, 6) is -0.722. The monoisotopic (exact) mass is 174 g/mol. The van der Waals surface area contributed by atoms with E-state index in [1.807, 2.05) is 0 Å². The van der Waals surface area contributed by atoms with Gasteiger partial charge in [0, 0.05) is 12.6 Å². The van der Waals surface area contributed by atoms with E-state index in [2.05, 4.69) is 15.0 Å². The van der Waals surface area contributed by atoms with Crippen LogP contribution in [0.15, 0.2) is 10.3 Å². The number of carbonyl (C=O) groups excluding carboxylic acids is 1. The van der Waals surface area contributed by atoms with Crippen LogP contribution >= 0.6 is 0 Å². The largest absolute Gasteiger partial charge is 0.461 e. The molecule has 0 aromatic heterocycles. The molecule has 6 nitrogen and oxygen atoms in total. The number of carbonyl (C=O) groups is 1. The summed E-state index contributed by atoms with van der Waals surface area (Å²) in [4.78, 5) is 10.8. The van der Waals surface area contributed by atoms with E-state index in [-0.39, 0.29) is 18.7 Å². The van der Waals surface area contributed by atoms with Gasteiger partial charge in [0.2, 0.25) is 0 Å². The summed E-state index contributed by atoms with van der Waals surface area (Å²) in [7, 11) is 0. The molecule has 6 heteroatoms. The molecule has 0 amide bonds. The lowest BCUT2D eigenvalue weighted by atomic mass is 10.3. The second-order valence-electron chi connectivity index (χ2n) is 1.77. The van der Waals surface area contributed by atoms with Crippen molar-refractivity contribution in [3.05, 3.63) is 0 Å². The van der Waals surface area contributed by atoms with Crippen molar-refractivity contribution < 1.29 is 19.9 Å². The SMILES string of the molecule is CCOC(=O)/C(C/C=N/O)=N\O. The van der Waals surface area contributed by atoms with Crippen molar-refractivity contribution in [1.82, 2.24) is 0 Å². The maximum atomic E-state index is 10.8. The zero-order valence-corrected chi connectivity index (χ0v) is 6.60. The van der Waals surface area contributed by atoms with Crippen molar-refractivity contribution in [2.45, 2.75) is 13.3 Å². The van der Waals surface area contributed by atoms with Gasteiger partial charge in [0.05, 0.1) is 6.61 Å². The zero-order chi connectivity index (χ0) is 9.40. The highest BCUT2D eigenvalue weighted by Gasteiger charge is 2.11. The van der Waals surface area contributed by atoms with Crippen LogP contribution in [-0.4, -0.2) is 34.9 Å². The van der Waals surface area contributed by atoms with Crippen LogP contribution < -0.4 is 0 Å². The van der Waals surface area contributed by atoms with Crippen LogP contribution in [0.3, 0.4) is 0 Å². The van der Waals surface area contributed by atoms with Gasteiger partial charge in [-0.2, -0.15) is 0 Å². The molecule has 0 saturated heterocycles. The van der Waals surface area contributed by atoms with Gasteiger partial charge in [-0.1, -0.05) is 5.16 Å². The smallest absolute Gasteiger partial charge is 0.356 e. The van der Waals surface area contributed by atoms with Gasteiger partial charge in [0.25, 0.3) is 0 Å². The summed E-state index contributed by atoms with van der Waals surface area (Å²) >= 11 is 0. The van der Waals surface area contributed by atoms with Gasteiger partial charge in [0.15, 0.2) is 5.71 Å². The van der Waals surface area contributed by atoms with Crippen LogP contribution in [0.4, 0.5) is 0 Å². The molecule has 0 bridgehead atoms. The number of hydrogen-bond donors (Lipinski definition) is 2. The highest BCUT2D eigenvalue weighted by atomic mass is 16.5. The number of ether oxygens (including phenoxy) is 1. The average Bonchev–Trinajstić information content (AvgIpc) is 2.06. The molecule has 0 aromatic rings. The summed E-state index contributed by atoms with van der Waals surface area (Å²) in [5.41, 5.74) is -0.199. The van der Waals surface area contributed by atoms with Crippen molar-refractivity contribution in [2.75, 3.05) is 6.61 Å². The minimum atomic E-state index is -0.722. The van der Waals surface area contributed by atoms with Crippen LogP contribution in [0, 0.1) is 0 Å². The average molecular weight is 174 g/mol. The third-order valence-corrected chi connectivity index (χ3v) is 0.998. The predicted molar refractivity (Wildman–Crippen MR) is 40.8 cm³/mol. The van der Waals surface area contributed by atoms with Crippen LogP contribution in [-0.2, 0) is 9.53 Å². The fourth-order valence-electron chi connectivity index (χ4n) is 0.507. The highest BCUT2D eigenvalue weighted by molar-refractivity contribution is 6.38. The molecule has 0 unspecified atom stereocenters. The van der Waals surface area contributed by atoms with Crippen LogP contribution in [0.1, 0.15) is 13.3 Å². The van der Waals surface area contributed by atoms with E-state index < -0.39 is 5.97 Å². The topological polar surface area (TPSA) is 91.5 Å². The zero-order valence-electron chi connectivity index (χ0n) is 6.60. The number of esters is 1. The van der Waals surface area contributed by atoms with E-state index >= 15 is 0 Å². The van der Waals surface area contributed by atoms with E-state index in [4.69, 9.17) is 10.4 Å². The number of nitrogens with zero attached hydrogens (tertiary/aromatic N) is 2. The summed E-state index contributed by atoms with van der Waals surface area (Å²) in [5, 5.41) is 21.6. The van der Waals surface area contributed by atoms with Gasteiger partial charge in [0.1, 0.15) is 0 Å². The van der Waals surface area contributed by atoms with E-state index in [1.54, 1.807) is 6.92 Å². The molecular formula is C6H10N2O4. The molecule has 12 heavy (non-hydrogen) atoms. The predicted octanol–water partition coefficient (Wildman–Crippen LogP) is 0.230. The highest BCUT2D eigenvalue weighted by Crippen LogP contribution is 1.88. The number of hydrogen-bond acceptors (Lipinski definition) is 6. The Kier molecular flexibility index (Phi) is 5.33. The Morgan fingerprint density at radius 2 is 2.25 bits per heavy atom. The van der Waals surface area contributed by atoms with Crippen molar-refractivity contribution in [1.29, 1.82) is 0 Å². The second kappa shape index (κ2) is 6.14. The summed E-state index contributed by atoms with van der Waals surface area (Å²) in [6.45, 7) is 1.83. The Labute approximate surface area is 69.1 Å². The molecular weight excluding hydrogens is 164 g/mol. The van der Waals surface area contributed by atoms with Gasteiger partial charge < -0.3 is 15.2 Å². The normalized spacial score (nSPS) is 11.9. The first kappa shape index (κ1) is 10.4. The van der Waals surface area contributed by atoms with Gasteiger partial charge >= 0.3 is 5.97 Å². The summed E-state index contributed by atoms with van der Waals surface area (Å²) in [6.07, 6.45) is 0.956. The van der Waals surface area contributed by atoms with Crippen molar-refractivity contribution in [3.63, 3.8) is 0 Å². The molecule has 0 heterocycles. The fraction of sp³-hybridized carbons (Fsp3) is 0.500. The lowest BCUT2D eigenvalue weighted by Gasteiger charge is -1.99. The van der Waals surface area contributed by atoms with E-state index in [0.29, 0.717) is 0 Å². The first-order valence-corrected chi connectivity index (χ1v) is 3.30. The molecule has 0 saturated carbocycles. The van der Waals surface area contributed by atoms with Gasteiger partial charge in [-0.3, -0.25) is 0 Å².